The van der Waals surface area contributed by atoms with Crippen LogP contribution in [0, 0.1) is 18.7 Å². The Morgan fingerprint density at radius 3 is 2.43 bits per heavy atom. The first-order chi connectivity index (χ1) is 13.0. The first-order valence-electron chi connectivity index (χ1n) is 10.1. The van der Waals surface area contributed by atoms with Gasteiger partial charge in [-0.2, -0.15) is 0 Å². The molecule has 28 heavy (non-hydrogen) atoms. The first-order valence-corrected chi connectivity index (χ1v) is 10.1. The molecule has 4 rings (SSSR count). The highest BCUT2D eigenvalue weighted by atomic mass is 35.5. The van der Waals surface area contributed by atoms with E-state index in [-0.39, 0.29) is 36.1 Å². The third-order valence-electron chi connectivity index (χ3n) is 6.46. The van der Waals surface area contributed by atoms with Gasteiger partial charge in [0.05, 0.1) is 6.04 Å². The summed E-state index contributed by atoms with van der Waals surface area (Å²) in [7, 11) is 0. The van der Waals surface area contributed by atoms with Gasteiger partial charge in [0, 0.05) is 37.8 Å². The molecule has 2 amide bonds. The van der Waals surface area contributed by atoms with Crippen molar-refractivity contribution in [3.63, 3.8) is 0 Å². The van der Waals surface area contributed by atoms with Crippen LogP contribution in [-0.4, -0.2) is 59.9 Å². The number of nitrogens with zero attached hydrogens (tertiary/aromatic N) is 2. The fourth-order valence-corrected chi connectivity index (χ4v) is 4.77. The van der Waals surface area contributed by atoms with Crippen LogP contribution in [0.25, 0.3) is 0 Å². The van der Waals surface area contributed by atoms with Gasteiger partial charge in [-0.05, 0) is 49.8 Å². The molecule has 0 spiro atoms. The van der Waals surface area contributed by atoms with Gasteiger partial charge in [-0.1, -0.05) is 18.9 Å². The van der Waals surface area contributed by atoms with E-state index >= 15 is 0 Å². The zero-order chi connectivity index (χ0) is 19.0. The third-order valence-corrected chi connectivity index (χ3v) is 6.46. The maximum atomic E-state index is 13.7. The molecule has 0 radical (unpaired) electrons. The summed E-state index contributed by atoms with van der Waals surface area (Å²) in [5.74, 6) is 0.305. The maximum absolute atomic E-state index is 13.7. The number of amides is 2. The Hall–Kier alpha value is -1.66. The van der Waals surface area contributed by atoms with Crippen molar-refractivity contribution < 1.29 is 14.0 Å². The number of hydrogen-bond donors (Lipinski definition) is 1. The third kappa shape index (κ3) is 4.18. The number of hydrogen-bond acceptors (Lipinski definition) is 3. The van der Waals surface area contributed by atoms with Crippen LogP contribution in [0.5, 0.6) is 0 Å². The minimum Gasteiger partial charge on any atom is -0.338 e. The Kier molecular flexibility index (Phi) is 6.61. The molecule has 2 aliphatic heterocycles. The smallest absolute Gasteiger partial charge is 0.254 e. The van der Waals surface area contributed by atoms with Gasteiger partial charge in [0.1, 0.15) is 5.82 Å². The molecule has 1 aromatic carbocycles. The van der Waals surface area contributed by atoms with E-state index in [0.717, 1.165) is 6.42 Å². The molecule has 0 bridgehead atoms. The van der Waals surface area contributed by atoms with E-state index in [1.165, 1.54) is 31.7 Å². The molecule has 1 saturated carbocycles. The van der Waals surface area contributed by atoms with E-state index in [1.54, 1.807) is 24.0 Å². The van der Waals surface area contributed by atoms with Gasteiger partial charge in [-0.3, -0.25) is 9.59 Å². The Morgan fingerprint density at radius 2 is 1.75 bits per heavy atom. The largest absolute Gasteiger partial charge is 0.338 e. The molecule has 2 heterocycles. The van der Waals surface area contributed by atoms with Crippen molar-refractivity contribution in [2.45, 2.75) is 51.1 Å². The SMILES string of the molecule is Cc1ccc(C(=O)N2CCN(C(=O)C3CC4CCCCC4N3)CC2)cc1F.Cl. The van der Waals surface area contributed by atoms with Gasteiger partial charge in [0.2, 0.25) is 5.91 Å². The Bertz CT molecular complexity index is 722. The minimum atomic E-state index is -0.358. The second kappa shape index (κ2) is 8.78. The zero-order valence-corrected chi connectivity index (χ0v) is 17.1. The highest BCUT2D eigenvalue weighted by molar-refractivity contribution is 5.94. The average Bonchev–Trinajstić information content (AvgIpc) is 3.13. The van der Waals surface area contributed by atoms with Crippen molar-refractivity contribution in [3.05, 3.63) is 35.1 Å². The standard InChI is InChI=1S/C21H28FN3O2.ClH/c1-14-6-7-16(12-17(14)22)20(26)24-8-10-25(11-9-24)21(27)19-13-15-4-2-3-5-18(15)23-19;/h6-7,12,15,18-19,23H,2-5,8-11,13H2,1H3;1H. The lowest BCUT2D eigenvalue weighted by atomic mass is 9.85. The Morgan fingerprint density at radius 1 is 1.07 bits per heavy atom. The van der Waals surface area contributed by atoms with Crippen LogP contribution in [0.2, 0.25) is 0 Å². The Balaban J connectivity index is 0.00000225. The molecule has 3 atom stereocenters. The molecule has 1 aromatic rings. The summed E-state index contributed by atoms with van der Waals surface area (Å²) in [5, 5.41) is 3.55. The molecule has 3 aliphatic rings. The van der Waals surface area contributed by atoms with Crippen molar-refractivity contribution in [2.24, 2.45) is 5.92 Å². The monoisotopic (exact) mass is 409 g/mol. The molecule has 5 nitrogen and oxygen atoms in total. The normalized spacial score (nSPS) is 27.1. The van der Waals surface area contributed by atoms with E-state index in [0.29, 0.717) is 49.3 Å². The van der Waals surface area contributed by atoms with E-state index in [9.17, 15) is 14.0 Å². The molecule has 0 aromatic heterocycles. The van der Waals surface area contributed by atoms with Crippen molar-refractivity contribution in [1.82, 2.24) is 15.1 Å². The second-order valence-corrected chi connectivity index (χ2v) is 8.19. The van der Waals surface area contributed by atoms with Crippen molar-refractivity contribution in [1.29, 1.82) is 0 Å². The van der Waals surface area contributed by atoms with Crippen LogP contribution in [0.15, 0.2) is 18.2 Å². The molecular weight excluding hydrogens is 381 g/mol. The van der Waals surface area contributed by atoms with Crippen LogP contribution in [-0.2, 0) is 4.79 Å². The van der Waals surface area contributed by atoms with Crippen LogP contribution in [0.4, 0.5) is 4.39 Å². The van der Waals surface area contributed by atoms with Crippen LogP contribution >= 0.6 is 12.4 Å². The van der Waals surface area contributed by atoms with Crippen LogP contribution in [0.1, 0.15) is 48.0 Å². The topological polar surface area (TPSA) is 52.7 Å². The summed E-state index contributed by atoms with van der Waals surface area (Å²) in [6.45, 7) is 3.78. The number of halogens is 2. The summed E-state index contributed by atoms with van der Waals surface area (Å²) < 4.78 is 13.7. The zero-order valence-electron chi connectivity index (χ0n) is 16.3. The van der Waals surface area contributed by atoms with Gasteiger partial charge in [0.25, 0.3) is 5.91 Å². The summed E-state index contributed by atoms with van der Waals surface area (Å²) >= 11 is 0. The van der Waals surface area contributed by atoms with Gasteiger partial charge >= 0.3 is 0 Å². The summed E-state index contributed by atoms with van der Waals surface area (Å²) in [6.07, 6.45) is 5.91. The van der Waals surface area contributed by atoms with E-state index < -0.39 is 0 Å². The van der Waals surface area contributed by atoms with Gasteiger partial charge in [0.15, 0.2) is 0 Å². The number of nitrogens with one attached hydrogen (secondary N) is 1. The molecule has 1 N–H and O–H groups in total. The molecule has 3 fully saturated rings. The van der Waals surface area contributed by atoms with Crippen molar-refractivity contribution in [3.8, 4) is 0 Å². The number of carbonyl (C=O) groups excluding carboxylic acids is 2. The molecule has 154 valence electrons. The highest BCUT2D eigenvalue weighted by Crippen LogP contribution is 2.33. The van der Waals surface area contributed by atoms with Gasteiger partial charge in [-0.25, -0.2) is 4.39 Å². The fourth-order valence-electron chi connectivity index (χ4n) is 4.77. The Labute approximate surface area is 172 Å². The molecule has 2 saturated heterocycles. The van der Waals surface area contributed by atoms with E-state index in [4.69, 9.17) is 0 Å². The minimum absolute atomic E-state index is 0. The summed E-state index contributed by atoms with van der Waals surface area (Å²) in [4.78, 5) is 29.1. The number of rotatable bonds is 2. The summed E-state index contributed by atoms with van der Waals surface area (Å²) in [6, 6.07) is 5.05. The molecular formula is C21H29ClFN3O2. The quantitative estimate of drug-likeness (QED) is 0.817. The van der Waals surface area contributed by atoms with Gasteiger partial charge in [-0.15, -0.1) is 12.4 Å². The average molecular weight is 410 g/mol. The number of aryl methyl sites for hydroxylation is 1. The second-order valence-electron chi connectivity index (χ2n) is 8.19. The molecule has 1 aliphatic carbocycles. The first kappa shape index (κ1) is 21.1. The number of fused-ring (bicyclic) bond motifs is 1. The lowest BCUT2D eigenvalue weighted by Gasteiger charge is -2.36. The highest BCUT2D eigenvalue weighted by Gasteiger charge is 2.40. The number of piperazine rings is 1. The molecule has 3 unspecified atom stereocenters. The fraction of sp³-hybridized carbons (Fsp3) is 0.619. The summed E-state index contributed by atoms with van der Waals surface area (Å²) in [5.41, 5.74) is 0.908. The lowest BCUT2D eigenvalue weighted by Crippen LogP contribution is -2.54. The van der Waals surface area contributed by atoms with E-state index in [2.05, 4.69) is 5.32 Å². The maximum Gasteiger partial charge on any atom is 0.254 e. The van der Waals surface area contributed by atoms with Crippen molar-refractivity contribution >= 4 is 24.2 Å². The predicted octanol–water partition coefficient (Wildman–Crippen LogP) is 2.76. The van der Waals surface area contributed by atoms with Crippen LogP contribution < -0.4 is 5.32 Å². The number of benzene rings is 1. The number of carbonyl (C=O) groups is 2. The lowest BCUT2D eigenvalue weighted by molar-refractivity contribution is -0.134. The van der Waals surface area contributed by atoms with E-state index in [1.807, 2.05) is 4.90 Å². The van der Waals surface area contributed by atoms with Crippen LogP contribution in [0.3, 0.4) is 0 Å². The van der Waals surface area contributed by atoms with Crippen molar-refractivity contribution in [2.75, 3.05) is 26.2 Å². The molecule has 7 heteroatoms. The van der Waals surface area contributed by atoms with Gasteiger partial charge < -0.3 is 15.1 Å². The predicted molar refractivity (Wildman–Crippen MR) is 108 cm³/mol.